The largest absolute Gasteiger partial charge is 0.454 e. The second-order valence-corrected chi connectivity index (χ2v) is 7.04. The Morgan fingerprint density at radius 3 is 2.29 bits per heavy atom. The lowest BCUT2D eigenvalue weighted by atomic mass is 10.1. The van der Waals surface area contributed by atoms with Crippen LogP contribution >= 0.6 is 0 Å². The molecule has 0 spiro atoms. The molecule has 0 radical (unpaired) electrons. The maximum Gasteiger partial charge on any atom is 0.254 e. The first-order valence-electron chi connectivity index (χ1n) is 9.98. The first-order chi connectivity index (χ1) is 13.7. The fraction of sp³-hybridized carbons (Fsp3) is 0.409. The van der Waals surface area contributed by atoms with E-state index in [9.17, 15) is 4.79 Å². The minimum absolute atomic E-state index is 0.0508. The molecule has 2 aromatic rings. The van der Waals surface area contributed by atoms with Crippen molar-refractivity contribution in [1.29, 1.82) is 0 Å². The average molecular weight is 381 g/mol. The van der Waals surface area contributed by atoms with E-state index in [1.807, 2.05) is 17.0 Å². The third kappa shape index (κ3) is 3.59. The van der Waals surface area contributed by atoms with Gasteiger partial charge >= 0.3 is 0 Å². The van der Waals surface area contributed by atoms with Crippen molar-refractivity contribution in [3.05, 3.63) is 48.0 Å². The summed E-state index contributed by atoms with van der Waals surface area (Å²) in [5, 5.41) is 0. The highest BCUT2D eigenvalue weighted by Gasteiger charge is 2.24. The van der Waals surface area contributed by atoms with Crippen molar-refractivity contribution in [2.75, 3.05) is 55.9 Å². The van der Waals surface area contributed by atoms with Gasteiger partial charge < -0.3 is 24.2 Å². The number of piperazine rings is 1. The highest BCUT2D eigenvalue weighted by Crippen LogP contribution is 2.33. The fourth-order valence-corrected chi connectivity index (χ4v) is 3.84. The van der Waals surface area contributed by atoms with Gasteiger partial charge in [0.1, 0.15) is 0 Å². The van der Waals surface area contributed by atoms with Crippen LogP contribution < -0.4 is 19.3 Å². The predicted octanol–water partition coefficient (Wildman–Crippen LogP) is 3.22. The summed E-state index contributed by atoms with van der Waals surface area (Å²) in [4.78, 5) is 19.4. The van der Waals surface area contributed by atoms with Crippen molar-refractivity contribution in [3.8, 4) is 11.5 Å². The SMILES string of the molecule is CCN(CC)c1ccc(N2CCN(C(=O)c3ccc4c(c3)OCO4)CC2)cc1. The van der Waals surface area contributed by atoms with Gasteiger partial charge in [0, 0.05) is 56.2 Å². The van der Waals surface area contributed by atoms with Crippen LogP contribution in [0.15, 0.2) is 42.5 Å². The number of nitrogens with zero attached hydrogens (tertiary/aromatic N) is 3. The molecule has 0 saturated carbocycles. The quantitative estimate of drug-likeness (QED) is 0.796. The molecule has 28 heavy (non-hydrogen) atoms. The Kier molecular flexibility index (Phi) is 5.28. The van der Waals surface area contributed by atoms with Crippen molar-refractivity contribution < 1.29 is 14.3 Å². The van der Waals surface area contributed by atoms with Gasteiger partial charge in [-0.1, -0.05) is 0 Å². The molecule has 2 aromatic carbocycles. The molecule has 1 amide bonds. The maximum atomic E-state index is 12.8. The van der Waals surface area contributed by atoms with Crippen molar-refractivity contribution in [2.45, 2.75) is 13.8 Å². The summed E-state index contributed by atoms with van der Waals surface area (Å²) >= 11 is 0. The standard InChI is InChI=1S/C22H27N3O3/c1-3-23(4-2)18-6-8-19(9-7-18)24-11-13-25(14-12-24)22(26)17-5-10-20-21(15-17)28-16-27-20/h5-10,15H,3-4,11-14,16H2,1-2H3. The van der Waals surface area contributed by atoms with E-state index in [-0.39, 0.29) is 12.7 Å². The molecule has 0 N–H and O–H groups in total. The second-order valence-electron chi connectivity index (χ2n) is 7.04. The molecule has 6 nitrogen and oxygen atoms in total. The second kappa shape index (κ2) is 8.00. The van der Waals surface area contributed by atoms with Crippen LogP contribution in [0.2, 0.25) is 0 Å². The number of fused-ring (bicyclic) bond motifs is 1. The van der Waals surface area contributed by atoms with E-state index in [0.717, 1.165) is 26.2 Å². The molecule has 0 bridgehead atoms. The van der Waals surface area contributed by atoms with E-state index in [2.05, 4.69) is 47.9 Å². The highest BCUT2D eigenvalue weighted by atomic mass is 16.7. The van der Waals surface area contributed by atoms with E-state index < -0.39 is 0 Å². The number of carbonyl (C=O) groups excluding carboxylic acids is 1. The van der Waals surface area contributed by atoms with Crippen molar-refractivity contribution in [2.24, 2.45) is 0 Å². The Balaban J connectivity index is 1.37. The summed E-state index contributed by atoms with van der Waals surface area (Å²) in [6, 6.07) is 14.1. The zero-order valence-electron chi connectivity index (χ0n) is 16.6. The first-order valence-corrected chi connectivity index (χ1v) is 9.98. The number of anilines is 2. The van der Waals surface area contributed by atoms with Crippen LogP contribution in [0.1, 0.15) is 24.2 Å². The average Bonchev–Trinajstić information content (AvgIpc) is 3.23. The maximum absolute atomic E-state index is 12.8. The van der Waals surface area contributed by atoms with E-state index in [1.165, 1.54) is 11.4 Å². The summed E-state index contributed by atoms with van der Waals surface area (Å²) < 4.78 is 10.7. The topological polar surface area (TPSA) is 45.2 Å². The predicted molar refractivity (Wildman–Crippen MR) is 111 cm³/mol. The number of hydrogen-bond acceptors (Lipinski definition) is 5. The van der Waals surface area contributed by atoms with E-state index in [4.69, 9.17) is 9.47 Å². The zero-order valence-corrected chi connectivity index (χ0v) is 16.6. The summed E-state index contributed by atoms with van der Waals surface area (Å²) in [5.41, 5.74) is 3.12. The molecule has 2 aliphatic heterocycles. The van der Waals surface area contributed by atoms with Gasteiger partial charge in [0.2, 0.25) is 6.79 Å². The van der Waals surface area contributed by atoms with Crippen LogP contribution in [-0.2, 0) is 0 Å². The van der Waals surface area contributed by atoms with E-state index >= 15 is 0 Å². The Morgan fingerprint density at radius 1 is 0.929 bits per heavy atom. The normalized spacial score (nSPS) is 15.6. The fourth-order valence-electron chi connectivity index (χ4n) is 3.84. The number of carbonyl (C=O) groups is 1. The zero-order chi connectivity index (χ0) is 19.5. The van der Waals surface area contributed by atoms with Crippen LogP contribution in [0.4, 0.5) is 11.4 Å². The monoisotopic (exact) mass is 381 g/mol. The Labute approximate surface area is 166 Å². The van der Waals surface area contributed by atoms with E-state index in [1.54, 1.807) is 6.07 Å². The molecule has 6 heteroatoms. The highest BCUT2D eigenvalue weighted by molar-refractivity contribution is 5.95. The molecule has 2 aliphatic rings. The Morgan fingerprint density at radius 2 is 1.61 bits per heavy atom. The van der Waals surface area contributed by atoms with Crippen molar-refractivity contribution in [3.63, 3.8) is 0 Å². The van der Waals surface area contributed by atoms with Gasteiger partial charge in [-0.05, 0) is 56.3 Å². The van der Waals surface area contributed by atoms with Gasteiger partial charge in [-0.25, -0.2) is 0 Å². The minimum Gasteiger partial charge on any atom is -0.454 e. The van der Waals surface area contributed by atoms with Gasteiger partial charge in [0.25, 0.3) is 5.91 Å². The summed E-state index contributed by atoms with van der Waals surface area (Å²) in [6.45, 7) is 9.69. The molecule has 0 atom stereocenters. The lowest BCUT2D eigenvalue weighted by Crippen LogP contribution is -2.48. The molecule has 0 unspecified atom stereocenters. The summed E-state index contributed by atoms with van der Waals surface area (Å²) in [5.74, 6) is 1.40. The number of hydrogen-bond donors (Lipinski definition) is 0. The molecule has 1 saturated heterocycles. The summed E-state index contributed by atoms with van der Waals surface area (Å²) in [7, 11) is 0. The molecule has 1 fully saturated rings. The third-order valence-electron chi connectivity index (χ3n) is 5.53. The lowest BCUT2D eigenvalue weighted by Gasteiger charge is -2.36. The first kappa shape index (κ1) is 18.5. The minimum atomic E-state index is 0.0508. The smallest absolute Gasteiger partial charge is 0.254 e. The number of amides is 1. The lowest BCUT2D eigenvalue weighted by molar-refractivity contribution is 0.0746. The molecule has 4 rings (SSSR count). The molecule has 148 valence electrons. The van der Waals surface area contributed by atoms with Crippen LogP contribution in [0.5, 0.6) is 11.5 Å². The van der Waals surface area contributed by atoms with Gasteiger partial charge in [-0.2, -0.15) is 0 Å². The number of ether oxygens (including phenoxy) is 2. The van der Waals surface area contributed by atoms with Crippen molar-refractivity contribution >= 4 is 17.3 Å². The van der Waals surface area contributed by atoms with Crippen LogP contribution in [0.3, 0.4) is 0 Å². The Bertz CT molecular complexity index is 825. The van der Waals surface area contributed by atoms with Crippen LogP contribution in [0.25, 0.3) is 0 Å². The van der Waals surface area contributed by atoms with Crippen LogP contribution in [0, 0.1) is 0 Å². The number of rotatable bonds is 5. The van der Waals surface area contributed by atoms with Gasteiger partial charge in [0.05, 0.1) is 0 Å². The molecular formula is C22H27N3O3. The molecular weight excluding hydrogens is 354 g/mol. The number of benzene rings is 2. The molecule has 0 aliphatic carbocycles. The molecule has 2 heterocycles. The van der Waals surface area contributed by atoms with Crippen molar-refractivity contribution in [1.82, 2.24) is 4.90 Å². The Hall–Kier alpha value is -2.89. The molecule has 0 aromatic heterocycles. The van der Waals surface area contributed by atoms with Gasteiger partial charge in [-0.15, -0.1) is 0 Å². The van der Waals surface area contributed by atoms with Crippen LogP contribution in [-0.4, -0.2) is 56.9 Å². The van der Waals surface area contributed by atoms with E-state index in [0.29, 0.717) is 30.2 Å². The summed E-state index contributed by atoms with van der Waals surface area (Å²) in [6.07, 6.45) is 0. The van der Waals surface area contributed by atoms with Gasteiger partial charge in [0.15, 0.2) is 11.5 Å². The van der Waals surface area contributed by atoms with Gasteiger partial charge in [-0.3, -0.25) is 4.79 Å². The third-order valence-corrected chi connectivity index (χ3v) is 5.53.